The molecule has 0 radical (unpaired) electrons. The summed E-state index contributed by atoms with van der Waals surface area (Å²) in [4.78, 5) is 19.3. The van der Waals surface area contributed by atoms with Gasteiger partial charge in [0.05, 0.1) is 12.1 Å². The molecule has 6 heteroatoms. The van der Waals surface area contributed by atoms with Crippen LogP contribution in [0, 0.1) is 12.9 Å². The lowest BCUT2D eigenvalue weighted by atomic mass is 10.3. The summed E-state index contributed by atoms with van der Waals surface area (Å²) < 4.78 is 12.6. The highest BCUT2D eigenvalue weighted by molar-refractivity contribution is 7.09. The maximum absolute atomic E-state index is 12.6. The van der Waals surface area contributed by atoms with Crippen molar-refractivity contribution in [3.8, 4) is 0 Å². The maximum Gasteiger partial charge on any atom is 0.253 e. The first kappa shape index (κ1) is 11.7. The van der Waals surface area contributed by atoms with Crippen molar-refractivity contribution in [3.63, 3.8) is 0 Å². The fourth-order valence-corrected chi connectivity index (χ4v) is 1.96. The Hall–Kier alpha value is -1.82. The van der Waals surface area contributed by atoms with Gasteiger partial charge in [0.25, 0.3) is 5.91 Å². The summed E-state index contributed by atoms with van der Waals surface area (Å²) in [7, 11) is 0. The molecule has 2 aromatic heterocycles. The molecule has 0 aromatic carbocycles. The quantitative estimate of drug-likeness (QED) is 0.848. The largest absolute Gasteiger partial charge is 0.345 e. The van der Waals surface area contributed by atoms with Gasteiger partial charge < -0.3 is 5.32 Å². The van der Waals surface area contributed by atoms with Crippen molar-refractivity contribution in [3.05, 3.63) is 45.9 Å². The van der Waals surface area contributed by atoms with E-state index in [9.17, 15) is 9.18 Å². The van der Waals surface area contributed by atoms with Crippen LogP contribution < -0.4 is 5.32 Å². The van der Waals surface area contributed by atoms with Crippen molar-refractivity contribution in [1.82, 2.24) is 15.3 Å². The monoisotopic (exact) mass is 251 g/mol. The number of aromatic nitrogens is 2. The zero-order valence-corrected chi connectivity index (χ0v) is 9.92. The van der Waals surface area contributed by atoms with Crippen molar-refractivity contribution in [2.75, 3.05) is 0 Å². The van der Waals surface area contributed by atoms with Crippen LogP contribution in [-0.2, 0) is 6.54 Å². The summed E-state index contributed by atoms with van der Waals surface area (Å²) in [6, 6.07) is 2.55. The number of carbonyl (C=O) groups excluding carboxylic acids is 1. The van der Waals surface area contributed by atoms with E-state index in [1.807, 2.05) is 12.3 Å². The average molecular weight is 251 g/mol. The molecule has 2 heterocycles. The first-order valence-electron chi connectivity index (χ1n) is 4.96. The molecule has 2 rings (SSSR count). The molecule has 0 saturated heterocycles. The minimum atomic E-state index is -0.600. The Morgan fingerprint density at radius 3 is 2.94 bits per heavy atom. The maximum atomic E-state index is 12.6. The smallest absolute Gasteiger partial charge is 0.253 e. The van der Waals surface area contributed by atoms with Gasteiger partial charge in [-0.2, -0.15) is 4.39 Å². The second-order valence-corrected chi connectivity index (χ2v) is 4.38. The number of aryl methyl sites for hydroxylation is 1. The highest BCUT2D eigenvalue weighted by atomic mass is 32.1. The van der Waals surface area contributed by atoms with Crippen LogP contribution in [0.25, 0.3) is 0 Å². The normalized spacial score (nSPS) is 10.2. The van der Waals surface area contributed by atoms with Crippen molar-refractivity contribution in [2.45, 2.75) is 13.5 Å². The Balaban J connectivity index is 1.95. The van der Waals surface area contributed by atoms with E-state index in [1.54, 1.807) is 0 Å². The fraction of sp³-hybridized carbons (Fsp3) is 0.182. The zero-order valence-electron chi connectivity index (χ0n) is 9.11. The number of carbonyl (C=O) groups is 1. The molecule has 0 saturated carbocycles. The lowest BCUT2D eigenvalue weighted by Gasteiger charge is -2.02. The fourth-order valence-electron chi connectivity index (χ4n) is 1.25. The second-order valence-electron chi connectivity index (χ2n) is 3.43. The minimum absolute atomic E-state index is 0.287. The van der Waals surface area contributed by atoms with Crippen molar-refractivity contribution in [1.29, 1.82) is 0 Å². The number of nitrogens with zero attached hydrogens (tertiary/aromatic N) is 2. The number of halogens is 1. The van der Waals surface area contributed by atoms with Crippen LogP contribution in [-0.4, -0.2) is 15.9 Å². The average Bonchev–Trinajstić information content (AvgIpc) is 2.73. The Morgan fingerprint density at radius 2 is 2.35 bits per heavy atom. The predicted molar refractivity (Wildman–Crippen MR) is 62.2 cm³/mol. The Labute approximate surface area is 102 Å². The van der Waals surface area contributed by atoms with E-state index in [0.29, 0.717) is 12.1 Å². The van der Waals surface area contributed by atoms with Gasteiger partial charge in [0, 0.05) is 17.3 Å². The standard InChI is InChI=1S/C11H10FN3OS/c1-7-6-17-10(15-7)5-14-11(16)8-2-3-9(12)13-4-8/h2-4,6H,5H2,1H3,(H,14,16). The third-order valence-corrected chi connectivity index (χ3v) is 3.02. The van der Waals surface area contributed by atoms with Gasteiger partial charge in [-0.05, 0) is 19.1 Å². The van der Waals surface area contributed by atoms with Gasteiger partial charge in [0.2, 0.25) is 5.95 Å². The van der Waals surface area contributed by atoms with Crippen LogP contribution >= 0.6 is 11.3 Å². The van der Waals surface area contributed by atoms with Gasteiger partial charge >= 0.3 is 0 Å². The van der Waals surface area contributed by atoms with Gasteiger partial charge in [0.1, 0.15) is 5.01 Å². The third kappa shape index (κ3) is 3.07. The SMILES string of the molecule is Cc1csc(CNC(=O)c2ccc(F)nc2)n1. The molecule has 0 aliphatic rings. The molecular weight excluding hydrogens is 241 g/mol. The summed E-state index contributed by atoms with van der Waals surface area (Å²) in [5, 5.41) is 5.45. The van der Waals surface area contributed by atoms with Crippen molar-refractivity contribution in [2.24, 2.45) is 0 Å². The summed E-state index contributed by atoms with van der Waals surface area (Å²) >= 11 is 1.49. The first-order valence-corrected chi connectivity index (χ1v) is 5.84. The number of thiazole rings is 1. The topological polar surface area (TPSA) is 54.9 Å². The number of pyridine rings is 1. The van der Waals surface area contributed by atoms with E-state index in [-0.39, 0.29) is 5.91 Å². The van der Waals surface area contributed by atoms with E-state index in [2.05, 4.69) is 15.3 Å². The summed E-state index contributed by atoms with van der Waals surface area (Å²) in [6.45, 7) is 2.26. The van der Waals surface area contributed by atoms with Crippen LogP contribution in [0.15, 0.2) is 23.7 Å². The van der Waals surface area contributed by atoms with Crippen LogP contribution in [0.5, 0.6) is 0 Å². The van der Waals surface area contributed by atoms with Gasteiger partial charge in [0.15, 0.2) is 0 Å². The summed E-state index contributed by atoms with van der Waals surface area (Å²) in [6.07, 6.45) is 1.21. The predicted octanol–water partition coefficient (Wildman–Crippen LogP) is 1.92. The van der Waals surface area contributed by atoms with E-state index < -0.39 is 5.95 Å². The van der Waals surface area contributed by atoms with Crippen LogP contribution in [0.3, 0.4) is 0 Å². The molecule has 2 aromatic rings. The molecule has 1 N–H and O–H groups in total. The van der Waals surface area contributed by atoms with Crippen LogP contribution in [0.4, 0.5) is 4.39 Å². The number of nitrogens with one attached hydrogen (secondary N) is 1. The number of hydrogen-bond acceptors (Lipinski definition) is 4. The number of amides is 1. The summed E-state index contributed by atoms with van der Waals surface area (Å²) in [5.41, 5.74) is 1.27. The lowest BCUT2D eigenvalue weighted by molar-refractivity contribution is 0.0950. The second kappa shape index (κ2) is 5.01. The van der Waals surface area contributed by atoms with Crippen LogP contribution in [0.1, 0.15) is 21.1 Å². The molecule has 0 unspecified atom stereocenters. The number of hydrogen-bond donors (Lipinski definition) is 1. The van der Waals surface area contributed by atoms with Gasteiger partial charge in [-0.3, -0.25) is 4.79 Å². The molecule has 1 amide bonds. The van der Waals surface area contributed by atoms with Crippen molar-refractivity contribution < 1.29 is 9.18 Å². The molecule has 0 spiro atoms. The molecule has 88 valence electrons. The molecule has 0 aliphatic heterocycles. The molecular formula is C11H10FN3OS. The highest BCUT2D eigenvalue weighted by Crippen LogP contribution is 2.08. The molecule has 4 nitrogen and oxygen atoms in total. The molecule has 0 atom stereocenters. The minimum Gasteiger partial charge on any atom is -0.345 e. The molecule has 0 fully saturated rings. The highest BCUT2D eigenvalue weighted by Gasteiger charge is 2.07. The van der Waals surface area contributed by atoms with Gasteiger partial charge in [-0.25, -0.2) is 9.97 Å². The summed E-state index contributed by atoms with van der Waals surface area (Å²) in [5.74, 6) is -0.887. The van der Waals surface area contributed by atoms with E-state index in [4.69, 9.17) is 0 Å². The molecule has 17 heavy (non-hydrogen) atoms. The van der Waals surface area contributed by atoms with Gasteiger partial charge in [-0.15, -0.1) is 11.3 Å². The lowest BCUT2D eigenvalue weighted by Crippen LogP contribution is -2.22. The first-order chi connectivity index (χ1) is 8.15. The van der Waals surface area contributed by atoms with Gasteiger partial charge in [-0.1, -0.05) is 0 Å². The van der Waals surface area contributed by atoms with Crippen molar-refractivity contribution >= 4 is 17.2 Å². The Morgan fingerprint density at radius 1 is 1.53 bits per heavy atom. The Bertz CT molecular complexity index is 524. The van der Waals surface area contributed by atoms with Crippen LogP contribution in [0.2, 0.25) is 0 Å². The third-order valence-electron chi connectivity index (χ3n) is 2.06. The zero-order chi connectivity index (χ0) is 12.3. The van der Waals surface area contributed by atoms with E-state index >= 15 is 0 Å². The Kier molecular flexibility index (Phi) is 3.43. The number of rotatable bonds is 3. The molecule has 0 bridgehead atoms. The van der Waals surface area contributed by atoms with E-state index in [0.717, 1.165) is 16.8 Å². The molecule has 0 aliphatic carbocycles. The van der Waals surface area contributed by atoms with E-state index in [1.165, 1.54) is 23.6 Å².